The summed E-state index contributed by atoms with van der Waals surface area (Å²) < 4.78 is 27.1. The van der Waals surface area contributed by atoms with Gasteiger partial charge in [-0.25, -0.2) is 18.2 Å². The van der Waals surface area contributed by atoms with Crippen molar-refractivity contribution in [3.05, 3.63) is 65.1 Å². The Hall–Kier alpha value is -3.15. The molecule has 1 fully saturated rings. The number of hydrogen-bond acceptors (Lipinski definition) is 6. The SMILES string of the molecule is O=C(CN1CCN(c2ccc(Cl)cc2)C1=O)Nc1ccc(S(=O)(=O)Nc2nccs2)cc1. The average Bonchev–Trinajstić information content (AvgIpc) is 3.39. The lowest BCUT2D eigenvalue weighted by atomic mass is 10.3. The van der Waals surface area contributed by atoms with Gasteiger partial charge < -0.3 is 10.2 Å². The highest BCUT2D eigenvalue weighted by atomic mass is 35.5. The number of carbonyl (C=O) groups is 2. The zero-order valence-corrected chi connectivity index (χ0v) is 19.0. The lowest BCUT2D eigenvalue weighted by Crippen LogP contribution is -2.37. The Morgan fingerprint density at radius 2 is 1.81 bits per heavy atom. The molecule has 0 spiro atoms. The van der Waals surface area contributed by atoms with Crippen LogP contribution < -0.4 is 14.9 Å². The zero-order valence-electron chi connectivity index (χ0n) is 16.6. The molecule has 12 heteroatoms. The maximum atomic E-state index is 12.6. The molecule has 32 heavy (non-hydrogen) atoms. The summed E-state index contributed by atoms with van der Waals surface area (Å²) in [6.45, 7) is 0.759. The molecule has 0 radical (unpaired) electrons. The summed E-state index contributed by atoms with van der Waals surface area (Å²) in [6.07, 6.45) is 1.50. The second-order valence-corrected chi connectivity index (χ2v) is 9.86. The van der Waals surface area contributed by atoms with E-state index in [1.165, 1.54) is 46.7 Å². The average molecular weight is 492 g/mol. The number of rotatable bonds is 7. The largest absolute Gasteiger partial charge is 0.325 e. The Bertz CT molecular complexity index is 1220. The fraction of sp³-hybridized carbons (Fsp3) is 0.150. The van der Waals surface area contributed by atoms with Gasteiger partial charge >= 0.3 is 6.03 Å². The van der Waals surface area contributed by atoms with Gasteiger partial charge in [0.05, 0.1) is 4.90 Å². The van der Waals surface area contributed by atoms with Gasteiger partial charge in [0.25, 0.3) is 10.0 Å². The molecule has 3 amide bonds. The van der Waals surface area contributed by atoms with Crippen LogP contribution in [-0.2, 0) is 14.8 Å². The first-order valence-corrected chi connectivity index (χ1v) is 12.2. The molecular weight excluding hydrogens is 474 g/mol. The standard InChI is InChI=1S/C20H18ClN5O4S2/c21-14-1-5-16(6-2-14)26-11-10-25(20(26)28)13-18(27)23-15-3-7-17(8-4-15)32(29,30)24-19-22-9-12-31-19/h1-9,12H,10-11,13H2,(H,22,24)(H,23,27). The van der Waals surface area contributed by atoms with Crippen LogP contribution in [0.3, 0.4) is 0 Å². The molecule has 0 bridgehead atoms. The van der Waals surface area contributed by atoms with Crippen molar-refractivity contribution < 1.29 is 18.0 Å². The van der Waals surface area contributed by atoms with Crippen LogP contribution >= 0.6 is 22.9 Å². The smallest absolute Gasteiger partial charge is 0.325 e. The van der Waals surface area contributed by atoms with Crippen molar-refractivity contribution >= 4 is 61.4 Å². The van der Waals surface area contributed by atoms with E-state index in [0.717, 1.165) is 0 Å². The molecule has 1 aromatic heterocycles. The molecule has 0 aliphatic carbocycles. The van der Waals surface area contributed by atoms with Gasteiger partial charge in [0, 0.05) is 41.1 Å². The molecule has 3 aromatic rings. The zero-order chi connectivity index (χ0) is 22.7. The third kappa shape index (κ3) is 5.01. The first-order valence-electron chi connectivity index (χ1n) is 9.46. The summed E-state index contributed by atoms with van der Waals surface area (Å²) >= 11 is 7.06. The van der Waals surface area contributed by atoms with Crippen molar-refractivity contribution in [2.45, 2.75) is 4.90 Å². The number of urea groups is 1. The maximum Gasteiger partial charge on any atom is 0.325 e. The van der Waals surface area contributed by atoms with E-state index in [0.29, 0.717) is 29.5 Å². The van der Waals surface area contributed by atoms with Gasteiger partial charge in [0.1, 0.15) is 6.54 Å². The number of aromatic nitrogens is 1. The molecule has 1 saturated heterocycles. The van der Waals surface area contributed by atoms with Gasteiger partial charge in [-0.2, -0.15) is 0 Å². The third-order valence-corrected chi connectivity index (χ3v) is 7.09. The molecule has 2 heterocycles. The van der Waals surface area contributed by atoms with Gasteiger partial charge in [-0.1, -0.05) is 11.6 Å². The maximum absolute atomic E-state index is 12.6. The lowest BCUT2D eigenvalue weighted by Gasteiger charge is -2.18. The highest BCUT2D eigenvalue weighted by molar-refractivity contribution is 7.93. The van der Waals surface area contributed by atoms with Crippen molar-refractivity contribution in [2.24, 2.45) is 0 Å². The molecule has 2 N–H and O–H groups in total. The molecule has 0 unspecified atom stereocenters. The van der Waals surface area contributed by atoms with Crippen LogP contribution in [0, 0.1) is 0 Å². The Balaban J connectivity index is 1.34. The predicted molar refractivity (Wildman–Crippen MR) is 124 cm³/mol. The van der Waals surface area contributed by atoms with Crippen LogP contribution in [0.1, 0.15) is 0 Å². The van der Waals surface area contributed by atoms with Crippen molar-refractivity contribution in [3.8, 4) is 0 Å². The number of benzene rings is 2. The van der Waals surface area contributed by atoms with Crippen LogP contribution in [-0.4, -0.2) is 49.9 Å². The Morgan fingerprint density at radius 1 is 1.09 bits per heavy atom. The molecular formula is C20H18ClN5O4S2. The Kier molecular flexibility index (Phi) is 6.31. The Labute approximate surface area is 193 Å². The number of carbonyl (C=O) groups excluding carboxylic acids is 2. The van der Waals surface area contributed by atoms with E-state index in [-0.39, 0.29) is 28.5 Å². The molecule has 0 atom stereocenters. The molecule has 2 aromatic carbocycles. The highest BCUT2D eigenvalue weighted by Gasteiger charge is 2.30. The topological polar surface area (TPSA) is 112 Å². The Morgan fingerprint density at radius 3 is 2.47 bits per heavy atom. The normalized spacial score (nSPS) is 14.0. The van der Waals surface area contributed by atoms with Crippen molar-refractivity contribution in [1.29, 1.82) is 0 Å². The molecule has 9 nitrogen and oxygen atoms in total. The van der Waals surface area contributed by atoms with E-state index in [1.54, 1.807) is 34.5 Å². The minimum absolute atomic E-state index is 0.0408. The van der Waals surface area contributed by atoms with Gasteiger partial charge in [-0.15, -0.1) is 11.3 Å². The van der Waals surface area contributed by atoms with Gasteiger partial charge in [-0.3, -0.25) is 14.4 Å². The van der Waals surface area contributed by atoms with Gasteiger partial charge in [0.2, 0.25) is 5.91 Å². The number of sulfonamides is 1. The second kappa shape index (κ2) is 9.15. The van der Waals surface area contributed by atoms with E-state index in [2.05, 4.69) is 15.0 Å². The highest BCUT2D eigenvalue weighted by Crippen LogP contribution is 2.23. The van der Waals surface area contributed by atoms with Crippen LogP contribution in [0.25, 0.3) is 0 Å². The summed E-state index contributed by atoms with van der Waals surface area (Å²) in [7, 11) is -3.77. The predicted octanol–water partition coefficient (Wildman–Crippen LogP) is 3.48. The number of thiazole rings is 1. The minimum atomic E-state index is -3.77. The van der Waals surface area contributed by atoms with Crippen LogP contribution in [0.4, 0.5) is 21.3 Å². The summed E-state index contributed by atoms with van der Waals surface area (Å²) in [5.41, 5.74) is 1.13. The van der Waals surface area contributed by atoms with Crippen LogP contribution in [0.15, 0.2) is 65.0 Å². The first-order chi connectivity index (χ1) is 15.3. The number of halogens is 1. The van der Waals surface area contributed by atoms with E-state index in [1.807, 2.05) is 0 Å². The van der Waals surface area contributed by atoms with Crippen LogP contribution in [0.2, 0.25) is 5.02 Å². The van der Waals surface area contributed by atoms with E-state index in [4.69, 9.17) is 11.6 Å². The van der Waals surface area contributed by atoms with E-state index in [9.17, 15) is 18.0 Å². The summed E-state index contributed by atoms with van der Waals surface area (Å²) in [4.78, 5) is 32.0. The fourth-order valence-corrected chi connectivity index (χ4v) is 5.04. The van der Waals surface area contributed by atoms with Gasteiger partial charge in [0.15, 0.2) is 5.13 Å². The minimum Gasteiger partial charge on any atom is -0.325 e. The van der Waals surface area contributed by atoms with E-state index < -0.39 is 10.0 Å². The van der Waals surface area contributed by atoms with Crippen molar-refractivity contribution in [3.63, 3.8) is 0 Å². The monoisotopic (exact) mass is 491 g/mol. The molecule has 0 saturated carbocycles. The van der Waals surface area contributed by atoms with Crippen LogP contribution in [0.5, 0.6) is 0 Å². The molecule has 4 rings (SSSR count). The van der Waals surface area contributed by atoms with Crippen molar-refractivity contribution in [1.82, 2.24) is 9.88 Å². The lowest BCUT2D eigenvalue weighted by molar-refractivity contribution is -0.116. The number of hydrogen-bond donors (Lipinski definition) is 2. The quantitative estimate of drug-likeness (QED) is 0.525. The van der Waals surface area contributed by atoms with Gasteiger partial charge in [-0.05, 0) is 48.5 Å². The number of anilines is 3. The molecule has 166 valence electrons. The molecule has 1 aliphatic rings. The number of amides is 3. The second-order valence-electron chi connectivity index (χ2n) is 6.85. The number of nitrogens with one attached hydrogen (secondary N) is 2. The summed E-state index contributed by atoms with van der Waals surface area (Å²) in [6, 6.07) is 12.4. The molecule has 1 aliphatic heterocycles. The third-order valence-electron chi connectivity index (χ3n) is 4.67. The number of nitrogens with zero attached hydrogens (tertiary/aromatic N) is 3. The fourth-order valence-electron chi connectivity index (χ4n) is 3.13. The first kappa shape index (κ1) is 22.1. The summed E-state index contributed by atoms with van der Waals surface area (Å²) in [5, 5.41) is 5.19. The van der Waals surface area contributed by atoms with E-state index >= 15 is 0 Å². The summed E-state index contributed by atoms with van der Waals surface area (Å²) in [5.74, 6) is -0.382. The van der Waals surface area contributed by atoms with Crippen molar-refractivity contribution in [2.75, 3.05) is 34.6 Å².